The number of amides is 1. The summed E-state index contributed by atoms with van der Waals surface area (Å²) in [6.07, 6.45) is 0. The van der Waals surface area contributed by atoms with Gasteiger partial charge in [-0.2, -0.15) is 0 Å². The highest BCUT2D eigenvalue weighted by Crippen LogP contribution is 2.31. The van der Waals surface area contributed by atoms with Crippen LogP contribution in [0.25, 0.3) is 0 Å². The highest BCUT2D eigenvalue weighted by atomic mass is 32.1. The number of nitrogens with one attached hydrogen (secondary N) is 2. The number of nitrogens with zero attached hydrogens (tertiary/aromatic N) is 2. The number of hydrogen-bond acceptors (Lipinski definition) is 7. The van der Waals surface area contributed by atoms with Gasteiger partial charge < -0.3 is 19.7 Å². The lowest BCUT2D eigenvalue weighted by molar-refractivity contribution is -0.384. The number of hydrogen-bond donors (Lipinski definition) is 2. The molecule has 9 nitrogen and oxygen atoms in total. The van der Waals surface area contributed by atoms with Gasteiger partial charge >= 0.3 is 0 Å². The third-order valence-corrected chi connectivity index (χ3v) is 4.57. The molecule has 1 fully saturated rings. The molecule has 0 aromatic heterocycles. The van der Waals surface area contributed by atoms with E-state index in [4.69, 9.17) is 21.7 Å². The van der Waals surface area contributed by atoms with Crippen molar-refractivity contribution in [2.24, 2.45) is 0 Å². The molecule has 1 heterocycles. The van der Waals surface area contributed by atoms with Gasteiger partial charge in [-0.3, -0.25) is 20.2 Å². The van der Waals surface area contributed by atoms with Crippen molar-refractivity contribution in [2.45, 2.75) is 0 Å². The van der Waals surface area contributed by atoms with Crippen molar-refractivity contribution in [3.05, 3.63) is 58.1 Å². The van der Waals surface area contributed by atoms with Gasteiger partial charge in [0.15, 0.2) is 5.11 Å². The molecule has 152 valence electrons. The molecular weight excluding hydrogens is 396 g/mol. The van der Waals surface area contributed by atoms with Crippen LogP contribution < -0.4 is 20.3 Å². The van der Waals surface area contributed by atoms with E-state index >= 15 is 0 Å². The van der Waals surface area contributed by atoms with Crippen LogP contribution in [0.15, 0.2) is 42.5 Å². The Morgan fingerprint density at radius 2 is 1.90 bits per heavy atom. The molecule has 3 rings (SSSR count). The topological polar surface area (TPSA) is 106 Å². The number of nitro benzene ring substituents is 1. The summed E-state index contributed by atoms with van der Waals surface area (Å²) in [5.74, 6) is 0.236. The molecule has 0 saturated carbocycles. The van der Waals surface area contributed by atoms with E-state index in [0.29, 0.717) is 49.0 Å². The summed E-state index contributed by atoms with van der Waals surface area (Å²) < 4.78 is 10.4. The zero-order chi connectivity index (χ0) is 20.8. The van der Waals surface area contributed by atoms with Crippen molar-refractivity contribution in [3.63, 3.8) is 0 Å². The molecule has 0 aliphatic carbocycles. The maximum absolute atomic E-state index is 12.3. The van der Waals surface area contributed by atoms with Crippen LogP contribution in [0.3, 0.4) is 0 Å². The van der Waals surface area contributed by atoms with Gasteiger partial charge in [0, 0.05) is 30.4 Å². The number of nitro groups is 1. The Kier molecular flexibility index (Phi) is 6.57. The second-order valence-corrected chi connectivity index (χ2v) is 6.61. The normalized spacial score (nSPS) is 13.5. The minimum atomic E-state index is -0.436. The highest BCUT2D eigenvalue weighted by Gasteiger charge is 2.22. The van der Waals surface area contributed by atoms with Crippen molar-refractivity contribution in [2.75, 3.05) is 43.6 Å². The zero-order valence-corrected chi connectivity index (χ0v) is 16.5. The van der Waals surface area contributed by atoms with Crippen molar-refractivity contribution < 1.29 is 19.2 Å². The first-order chi connectivity index (χ1) is 14.0. The van der Waals surface area contributed by atoms with Crippen molar-refractivity contribution in [1.82, 2.24) is 5.32 Å². The zero-order valence-electron chi connectivity index (χ0n) is 15.7. The first-order valence-corrected chi connectivity index (χ1v) is 9.26. The quantitative estimate of drug-likeness (QED) is 0.435. The Labute approximate surface area is 172 Å². The summed E-state index contributed by atoms with van der Waals surface area (Å²) >= 11 is 5.16. The minimum Gasteiger partial charge on any atom is -0.497 e. The number of carbonyl (C=O) groups is 1. The van der Waals surface area contributed by atoms with E-state index in [0.717, 1.165) is 0 Å². The minimum absolute atomic E-state index is 0.0406. The van der Waals surface area contributed by atoms with Crippen molar-refractivity contribution in [1.29, 1.82) is 0 Å². The Balaban J connectivity index is 1.68. The number of ether oxygens (including phenoxy) is 2. The van der Waals surface area contributed by atoms with E-state index in [9.17, 15) is 14.9 Å². The van der Waals surface area contributed by atoms with E-state index in [1.54, 1.807) is 36.4 Å². The van der Waals surface area contributed by atoms with Crippen LogP contribution in [0, 0.1) is 10.1 Å². The average molecular weight is 416 g/mol. The molecule has 2 aromatic carbocycles. The van der Waals surface area contributed by atoms with Gasteiger partial charge in [0.2, 0.25) is 0 Å². The van der Waals surface area contributed by atoms with Crippen molar-refractivity contribution >= 4 is 40.3 Å². The summed E-state index contributed by atoms with van der Waals surface area (Å²) in [4.78, 5) is 25.3. The van der Waals surface area contributed by atoms with Gasteiger partial charge in [0.05, 0.1) is 25.2 Å². The number of anilines is 2. The van der Waals surface area contributed by atoms with E-state index in [-0.39, 0.29) is 10.8 Å². The third-order valence-electron chi connectivity index (χ3n) is 4.36. The van der Waals surface area contributed by atoms with Gasteiger partial charge in [-0.05, 0) is 48.6 Å². The molecule has 0 unspecified atom stereocenters. The summed E-state index contributed by atoms with van der Waals surface area (Å²) in [5.41, 5.74) is 1.30. The molecule has 0 radical (unpaired) electrons. The van der Waals surface area contributed by atoms with E-state index in [1.807, 2.05) is 4.90 Å². The summed E-state index contributed by atoms with van der Waals surface area (Å²) in [7, 11) is 1.54. The first kappa shape index (κ1) is 20.5. The standard InChI is InChI=1S/C19H20N4O5S/c1-27-15-5-2-13(3-6-15)18(24)21-19(29)20-14-4-7-16(17(12-14)23(25)26)22-8-10-28-11-9-22/h2-7,12H,8-11H2,1H3,(H2,20,21,24,29). The Morgan fingerprint density at radius 1 is 1.21 bits per heavy atom. The summed E-state index contributed by atoms with van der Waals surface area (Å²) in [6, 6.07) is 11.3. The van der Waals surface area contributed by atoms with Gasteiger partial charge in [0.1, 0.15) is 11.4 Å². The Morgan fingerprint density at radius 3 is 2.52 bits per heavy atom. The van der Waals surface area contributed by atoms with E-state index in [2.05, 4.69) is 10.6 Å². The average Bonchev–Trinajstić information content (AvgIpc) is 2.74. The molecule has 1 aliphatic rings. The molecule has 29 heavy (non-hydrogen) atoms. The van der Waals surface area contributed by atoms with E-state index in [1.165, 1.54) is 13.2 Å². The number of rotatable bonds is 5. The molecule has 10 heteroatoms. The number of morpholine rings is 1. The van der Waals surface area contributed by atoms with Crippen LogP contribution in [0.4, 0.5) is 17.1 Å². The number of benzene rings is 2. The summed E-state index contributed by atoms with van der Waals surface area (Å²) in [5, 5.41) is 16.9. The molecule has 2 aromatic rings. The van der Waals surface area contributed by atoms with Crippen molar-refractivity contribution in [3.8, 4) is 5.75 Å². The lowest BCUT2D eigenvalue weighted by atomic mass is 10.2. The highest BCUT2D eigenvalue weighted by molar-refractivity contribution is 7.80. The van der Waals surface area contributed by atoms with Gasteiger partial charge in [0.25, 0.3) is 11.6 Å². The molecule has 1 aliphatic heterocycles. The predicted octanol–water partition coefficient (Wildman–Crippen LogP) is 2.57. The van der Waals surface area contributed by atoms with Gasteiger partial charge in [-0.15, -0.1) is 0 Å². The molecule has 0 bridgehead atoms. The fourth-order valence-electron chi connectivity index (χ4n) is 2.90. The number of methoxy groups -OCH3 is 1. The lowest BCUT2D eigenvalue weighted by Crippen LogP contribution is -2.36. The fraction of sp³-hybridized carbons (Fsp3) is 0.263. The monoisotopic (exact) mass is 416 g/mol. The van der Waals surface area contributed by atoms with E-state index < -0.39 is 10.8 Å². The lowest BCUT2D eigenvalue weighted by Gasteiger charge is -2.28. The van der Waals surface area contributed by atoms with Crippen LogP contribution in [0.1, 0.15) is 10.4 Å². The fourth-order valence-corrected chi connectivity index (χ4v) is 3.11. The second-order valence-electron chi connectivity index (χ2n) is 6.20. The van der Waals surface area contributed by atoms with Crippen LogP contribution in [0.5, 0.6) is 5.75 Å². The molecule has 1 saturated heterocycles. The molecule has 0 spiro atoms. The predicted molar refractivity (Wildman–Crippen MR) is 113 cm³/mol. The van der Waals surface area contributed by atoms with Crippen LogP contribution in [-0.4, -0.2) is 49.4 Å². The van der Waals surface area contributed by atoms with Crippen LogP contribution >= 0.6 is 12.2 Å². The number of carbonyl (C=O) groups excluding carboxylic acids is 1. The Bertz CT molecular complexity index is 913. The first-order valence-electron chi connectivity index (χ1n) is 8.85. The largest absolute Gasteiger partial charge is 0.497 e. The van der Waals surface area contributed by atoms with Gasteiger partial charge in [-0.25, -0.2) is 0 Å². The molecular formula is C19H20N4O5S. The maximum atomic E-state index is 12.3. The Hall–Kier alpha value is -3.24. The SMILES string of the molecule is COc1ccc(C(=O)NC(=S)Nc2ccc(N3CCOCC3)c([N+](=O)[O-])c2)cc1. The summed E-state index contributed by atoms with van der Waals surface area (Å²) in [6.45, 7) is 2.23. The number of thiocarbonyl (C=S) groups is 1. The maximum Gasteiger partial charge on any atom is 0.294 e. The molecule has 1 amide bonds. The third kappa shape index (κ3) is 5.18. The van der Waals surface area contributed by atoms with Crippen LogP contribution in [-0.2, 0) is 4.74 Å². The van der Waals surface area contributed by atoms with Crippen LogP contribution in [0.2, 0.25) is 0 Å². The second kappa shape index (κ2) is 9.30. The molecule has 0 atom stereocenters. The smallest absolute Gasteiger partial charge is 0.294 e. The van der Waals surface area contributed by atoms with Gasteiger partial charge in [-0.1, -0.05) is 0 Å². The molecule has 2 N–H and O–H groups in total.